The first-order valence-electron chi connectivity index (χ1n) is 9.84. The van der Waals surface area contributed by atoms with E-state index in [2.05, 4.69) is 29.6 Å². The maximum atomic E-state index is 12.2. The summed E-state index contributed by atoms with van der Waals surface area (Å²) in [6.45, 7) is 10.7. The van der Waals surface area contributed by atoms with Gasteiger partial charge in [0, 0.05) is 25.2 Å². The van der Waals surface area contributed by atoms with Crippen LogP contribution >= 0.6 is 0 Å². The number of nitrogens with one attached hydrogen (secondary N) is 2. The van der Waals surface area contributed by atoms with Crippen LogP contribution in [0.3, 0.4) is 0 Å². The Balaban J connectivity index is 1.80. The van der Waals surface area contributed by atoms with E-state index >= 15 is 0 Å². The summed E-state index contributed by atoms with van der Waals surface area (Å²) in [6.07, 6.45) is 4.30. The molecule has 0 bridgehead atoms. The van der Waals surface area contributed by atoms with Crippen LogP contribution in [0.15, 0.2) is 0 Å². The average Bonchev–Trinajstić information content (AvgIpc) is 3.04. The van der Waals surface area contributed by atoms with E-state index in [4.69, 9.17) is 4.74 Å². The molecule has 2 N–H and O–H groups in total. The Hall–Kier alpha value is -0.850. The second-order valence-electron chi connectivity index (χ2n) is 8.86. The first-order valence-corrected chi connectivity index (χ1v) is 9.84. The van der Waals surface area contributed by atoms with Crippen molar-refractivity contribution in [1.29, 1.82) is 0 Å². The van der Waals surface area contributed by atoms with Gasteiger partial charge >= 0.3 is 6.09 Å². The highest BCUT2D eigenvalue weighted by molar-refractivity contribution is 5.68. The highest BCUT2D eigenvalue weighted by Gasteiger charge is 2.30. The van der Waals surface area contributed by atoms with Crippen LogP contribution in [0.2, 0.25) is 0 Å². The summed E-state index contributed by atoms with van der Waals surface area (Å²) >= 11 is 0. The van der Waals surface area contributed by atoms with Gasteiger partial charge in [0.1, 0.15) is 5.60 Å². The zero-order valence-corrected chi connectivity index (χ0v) is 16.8. The molecule has 2 saturated heterocycles. The minimum Gasteiger partial charge on any atom is -0.444 e. The van der Waals surface area contributed by atoms with Gasteiger partial charge in [-0.15, -0.1) is 0 Å². The largest absolute Gasteiger partial charge is 0.444 e. The number of likely N-dealkylation sites (tertiary alicyclic amines) is 1. The first-order chi connectivity index (χ1) is 11.7. The van der Waals surface area contributed by atoms with E-state index in [1.165, 1.54) is 12.8 Å². The lowest BCUT2D eigenvalue weighted by atomic mass is 9.93. The van der Waals surface area contributed by atoms with Crippen molar-refractivity contribution in [3.8, 4) is 0 Å². The average molecular weight is 355 g/mol. The van der Waals surface area contributed by atoms with Crippen molar-refractivity contribution in [3.63, 3.8) is 0 Å². The van der Waals surface area contributed by atoms with E-state index in [1.54, 1.807) is 0 Å². The summed E-state index contributed by atoms with van der Waals surface area (Å²) in [7, 11) is 4.28. The Morgan fingerprint density at radius 1 is 1.28 bits per heavy atom. The smallest absolute Gasteiger partial charge is 0.410 e. The number of amides is 1. The molecule has 2 rings (SSSR count). The molecule has 2 unspecified atom stereocenters. The van der Waals surface area contributed by atoms with E-state index in [-0.39, 0.29) is 6.09 Å². The number of rotatable bonds is 6. The predicted octanol–water partition coefficient (Wildman–Crippen LogP) is 1.91. The third-order valence-electron chi connectivity index (χ3n) is 5.15. The molecule has 0 saturated carbocycles. The number of hydrogen-bond acceptors (Lipinski definition) is 5. The monoisotopic (exact) mass is 354 g/mol. The van der Waals surface area contributed by atoms with Crippen LogP contribution in [0.25, 0.3) is 0 Å². The fourth-order valence-electron chi connectivity index (χ4n) is 3.73. The predicted molar refractivity (Wildman–Crippen MR) is 102 cm³/mol. The van der Waals surface area contributed by atoms with Crippen LogP contribution in [0.1, 0.15) is 46.5 Å². The Bertz CT molecular complexity index is 408. The van der Waals surface area contributed by atoms with E-state index in [9.17, 15) is 4.79 Å². The summed E-state index contributed by atoms with van der Waals surface area (Å²) < 4.78 is 5.49. The Morgan fingerprint density at radius 2 is 1.96 bits per heavy atom. The first kappa shape index (κ1) is 20.5. The van der Waals surface area contributed by atoms with Gasteiger partial charge < -0.3 is 25.2 Å². The minimum absolute atomic E-state index is 0.171. The molecule has 0 spiro atoms. The Kier molecular flexibility index (Phi) is 7.52. The number of nitrogens with zero attached hydrogens (tertiary/aromatic N) is 2. The second kappa shape index (κ2) is 9.19. The molecule has 2 aliphatic heterocycles. The summed E-state index contributed by atoms with van der Waals surface area (Å²) in [5.74, 6) is 0.726. The van der Waals surface area contributed by atoms with Gasteiger partial charge in [-0.25, -0.2) is 4.79 Å². The molecule has 2 fully saturated rings. The van der Waals surface area contributed by atoms with Gasteiger partial charge in [-0.2, -0.15) is 0 Å². The molecule has 6 nitrogen and oxygen atoms in total. The highest BCUT2D eigenvalue weighted by Crippen LogP contribution is 2.20. The molecule has 0 aliphatic carbocycles. The molecule has 2 heterocycles. The van der Waals surface area contributed by atoms with Gasteiger partial charge in [-0.3, -0.25) is 0 Å². The minimum atomic E-state index is -0.418. The molecular weight excluding hydrogens is 316 g/mol. The van der Waals surface area contributed by atoms with Gasteiger partial charge in [0.2, 0.25) is 0 Å². The Morgan fingerprint density at radius 3 is 2.48 bits per heavy atom. The lowest BCUT2D eigenvalue weighted by Crippen LogP contribution is -2.51. The van der Waals surface area contributed by atoms with Gasteiger partial charge in [-0.1, -0.05) is 0 Å². The van der Waals surface area contributed by atoms with E-state index in [0.29, 0.717) is 12.1 Å². The molecule has 25 heavy (non-hydrogen) atoms. The lowest BCUT2D eigenvalue weighted by molar-refractivity contribution is 0.0193. The van der Waals surface area contributed by atoms with Crippen molar-refractivity contribution in [2.45, 2.75) is 64.1 Å². The zero-order chi connectivity index (χ0) is 18.4. The van der Waals surface area contributed by atoms with Gasteiger partial charge in [0.05, 0.1) is 0 Å². The molecule has 6 heteroatoms. The van der Waals surface area contributed by atoms with E-state index < -0.39 is 5.60 Å². The third-order valence-corrected chi connectivity index (χ3v) is 5.15. The van der Waals surface area contributed by atoms with E-state index in [0.717, 1.165) is 51.5 Å². The molecule has 2 aliphatic rings. The van der Waals surface area contributed by atoms with Crippen LogP contribution in [-0.4, -0.2) is 80.4 Å². The molecule has 2 atom stereocenters. The maximum absolute atomic E-state index is 12.2. The molecule has 0 aromatic carbocycles. The van der Waals surface area contributed by atoms with Crippen LogP contribution in [0.5, 0.6) is 0 Å². The van der Waals surface area contributed by atoms with E-state index in [1.807, 2.05) is 25.7 Å². The van der Waals surface area contributed by atoms with Crippen molar-refractivity contribution < 1.29 is 9.53 Å². The van der Waals surface area contributed by atoms with Gasteiger partial charge in [0.25, 0.3) is 0 Å². The van der Waals surface area contributed by atoms with Gasteiger partial charge in [0.15, 0.2) is 0 Å². The fraction of sp³-hybridized carbons (Fsp3) is 0.947. The normalized spacial score (nSPS) is 23.9. The number of carbonyl (C=O) groups is 1. The van der Waals surface area contributed by atoms with Crippen LogP contribution < -0.4 is 10.6 Å². The summed E-state index contributed by atoms with van der Waals surface area (Å²) in [4.78, 5) is 16.3. The molecule has 146 valence electrons. The molecule has 0 aromatic heterocycles. The zero-order valence-electron chi connectivity index (χ0n) is 16.8. The quantitative estimate of drug-likeness (QED) is 0.763. The number of carbonyl (C=O) groups excluding carboxylic acids is 1. The topological polar surface area (TPSA) is 56.8 Å². The lowest BCUT2D eigenvalue weighted by Gasteiger charge is -2.37. The standard InChI is InChI=1S/C19H38N4O2/c1-19(2,3)25-18(24)23-12-7-16(8-13-23)21-17(9-11-22(4)5)15-6-10-20-14-15/h15-17,20-21H,6-14H2,1-5H3. The SMILES string of the molecule is CN(C)CCC(NC1CCN(C(=O)OC(C)(C)C)CC1)C1CCNC1. The van der Waals surface area contributed by atoms with Crippen LogP contribution in [-0.2, 0) is 4.74 Å². The molecule has 1 amide bonds. The molecule has 0 radical (unpaired) electrons. The van der Waals surface area contributed by atoms with Crippen LogP contribution in [0, 0.1) is 5.92 Å². The van der Waals surface area contributed by atoms with Crippen LogP contribution in [0.4, 0.5) is 4.79 Å². The maximum Gasteiger partial charge on any atom is 0.410 e. The van der Waals surface area contributed by atoms with Crippen molar-refractivity contribution >= 4 is 6.09 Å². The van der Waals surface area contributed by atoms with Crippen molar-refractivity contribution in [3.05, 3.63) is 0 Å². The fourth-order valence-corrected chi connectivity index (χ4v) is 3.73. The number of hydrogen-bond donors (Lipinski definition) is 2. The molecule has 0 aromatic rings. The summed E-state index contributed by atoms with van der Waals surface area (Å²) in [5, 5.41) is 7.41. The summed E-state index contributed by atoms with van der Waals surface area (Å²) in [6, 6.07) is 1.07. The summed E-state index contributed by atoms with van der Waals surface area (Å²) in [5.41, 5.74) is -0.418. The number of piperidine rings is 1. The number of ether oxygens (including phenoxy) is 1. The second-order valence-corrected chi connectivity index (χ2v) is 8.86. The van der Waals surface area contributed by atoms with Crippen molar-refractivity contribution in [2.75, 3.05) is 46.8 Å². The van der Waals surface area contributed by atoms with Gasteiger partial charge in [-0.05, 0) is 86.1 Å². The van der Waals surface area contributed by atoms with Crippen molar-refractivity contribution in [2.24, 2.45) is 5.92 Å². The Labute approximate surface area is 153 Å². The third kappa shape index (κ3) is 7.12. The molecular formula is C19H38N4O2. The highest BCUT2D eigenvalue weighted by atomic mass is 16.6. The van der Waals surface area contributed by atoms with Crippen molar-refractivity contribution in [1.82, 2.24) is 20.4 Å².